The Morgan fingerprint density at radius 1 is 1.50 bits per heavy atom. The van der Waals surface area contributed by atoms with E-state index in [4.69, 9.17) is 16.7 Å². The first-order valence-electron chi connectivity index (χ1n) is 6.10. The molecule has 1 heterocycles. The molecule has 0 amide bonds. The van der Waals surface area contributed by atoms with Gasteiger partial charge in [-0.05, 0) is 36.0 Å². The number of hydrogen-bond donors (Lipinski definition) is 2. The smallest absolute Gasteiger partial charge is 0.243 e. The van der Waals surface area contributed by atoms with Crippen LogP contribution in [0.3, 0.4) is 0 Å². The lowest BCUT2D eigenvalue weighted by Gasteiger charge is -2.13. The third-order valence-electron chi connectivity index (χ3n) is 3.13. The predicted molar refractivity (Wildman–Crippen MR) is 78.0 cm³/mol. The SMILES string of the molecule is O=S(=O)(NCC1CCSC1)c1cc(Cl)cc(CO)c1F. The molecule has 2 rings (SSSR count). The van der Waals surface area contributed by atoms with Crippen LogP contribution < -0.4 is 4.72 Å². The van der Waals surface area contributed by atoms with Crippen LogP contribution in [0.15, 0.2) is 17.0 Å². The van der Waals surface area contributed by atoms with Crippen molar-refractivity contribution < 1.29 is 17.9 Å². The number of sulfonamides is 1. The van der Waals surface area contributed by atoms with E-state index in [0.29, 0.717) is 0 Å². The summed E-state index contributed by atoms with van der Waals surface area (Å²) in [4.78, 5) is -0.514. The first-order chi connectivity index (χ1) is 9.44. The summed E-state index contributed by atoms with van der Waals surface area (Å²) in [5.74, 6) is 1.24. The van der Waals surface area contributed by atoms with E-state index >= 15 is 0 Å². The van der Waals surface area contributed by atoms with Gasteiger partial charge in [0.2, 0.25) is 10.0 Å². The summed E-state index contributed by atoms with van der Waals surface area (Å²) < 4.78 is 40.7. The van der Waals surface area contributed by atoms with Gasteiger partial charge in [-0.15, -0.1) is 0 Å². The van der Waals surface area contributed by atoms with Gasteiger partial charge in [-0.2, -0.15) is 11.8 Å². The normalized spacial score (nSPS) is 19.4. The number of benzene rings is 1. The molecule has 1 saturated heterocycles. The maximum Gasteiger partial charge on any atom is 0.243 e. The highest BCUT2D eigenvalue weighted by Gasteiger charge is 2.24. The molecule has 20 heavy (non-hydrogen) atoms. The van der Waals surface area contributed by atoms with Crippen molar-refractivity contribution >= 4 is 33.4 Å². The molecular formula is C12H15ClFNO3S2. The Morgan fingerprint density at radius 3 is 2.85 bits per heavy atom. The molecule has 1 unspecified atom stereocenters. The average Bonchev–Trinajstić information content (AvgIpc) is 2.92. The van der Waals surface area contributed by atoms with Crippen molar-refractivity contribution in [1.29, 1.82) is 0 Å². The highest BCUT2D eigenvalue weighted by molar-refractivity contribution is 7.99. The van der Waals surface area contributed by atoms with Gasteiger partial charge in [-0.25, -0.2) is 17.5 Å². The molecule has 0 aliphatic carbocycles. The monoisotopic (exact) mass is 339 g/mol. The number of aliphatic hydroxyl groups is 1. The second kappa shape index (κ2) is 6.62. The summed E-state index contributed by atoms with van der Waals surface area (Å²) in [6.07, 6.45) is 0.951. The van der Waals surface area contributed by atoms with E-state index in [1.807, 2.05) is 0 Å². The molecule has 0 saturated carbocycles. The van der Waals surface area contributed by atoms with Crippen LogP contribution in [0.4, 0.5) is 4.39 Å². The van der Waals surface area contributed by atoms with Crippen LogP contribution in [-0.4, -0.2) is 31.6 Å². The van der Waals surface area contributed by atoms with Gasteiger partial charge < -0.3 is 5.11 Å². The second-order valence-corrected chi connectivity index (χ2v) is 7.94. The molecule has 4 nitrogen and oxygen atoms in total. The van der Waals surface area contributed by atoms with Gasteiger partial charge in [0.1, 0.15) is 10.7 Å². The third-order valence-corrected chi connectivity index (χ3v) is 6.00. The minimum absolute atomic E-state index is 0.0762. The fraction of sp³-hybridized carbons (Fsp3) is 0.500. The molecule has 0 aromatic heterocycles. The van der Waals surface area contributed by atoms with E-state index in [-0.39, 0.29) is 23.0 Å². The van der Waals surface area contributed by atoms with Crippen LogP contribution in [0.25, 0.3) is 0 Å². The molecule has 0 bridgehead atoms. The van der Waals surface area contributed by atoms with E-state index in [1.54, 1.807) is 11.8 Å². The molecule has 112 valence electrons. The van der Waals surface area contributed by atoms with Crippen LogP contribution in [0.5, 0.6) is 0 Å². The highest BCUT2D eigenvalue weighted by Crippen LogP contribution is 2.25. The molecule has 1 atom stereocenters. The van der Waals surface area contributed by atoms with Crippen LogP contribution in [0.2, 0.25) is 5.02 Å². The van der Waals surface area contributed by atoms with Crippen molar-refractivity contribution in [2.75, 3.05) is 18.1 Å². The summed E-state index contributed by atoms with van der Waals surface area (Å²) >= 11 is 7.54. The molecule has 0 radical (unpaired) electrons. The Kier molecular flexibility index (Phi) is 5.30. The zero-order valence-electron chi connectivity index (χ0n) is 10.6. The van der Waals surface area contributed by atoms with Gasteiger partial charge in [0.25, 0.3) is 0 Å². The van der Waals surface area contributed by atoms with E-state index in [2.05, 4.69) is 4.72 Å². The number of aliphatic hydroxyl groups excluding tert-OH is 1. The lowest BCUT2D eigenvalue weighted by Crippen LogP contribution is -2.30. The fourth-order valence-corrected chi connectivity index (χ4v) is 4.83. The predicted octanol–water partition coefficient (Wildman–Crippen LogP) is 2.00. The Morgan fingerprint density at radius 2 is 2.25 bits per heavy atom. The van der Waals surface area contributed by atoms with Gasteiger partial charge in [0.15, 0.2) is 0 Å². The van der Waals surface area contributed by atoms with Crippen LogP contribution >= 0.6 is 23.4 Å². The van der Waals surface area contributed by atoms with Crippen molar-refractivity contribution in [3.63, 3.8) is 0 Å². The first kappa shape index (κ1) is 16.0. The lowest BCUT2D eigenvalue weighted by atomic mass is 10.1. The standard InChI is InChI=1S/C12H15ClFNO3S2/c13-10-3-9(6-16)12(14)11(4-10)20(17,18)15-5-8-1-2-19-7-8/h3-4,8,15-16H,1-2,5-7H2. The molecule has 1 fully saturated rings. The minimum Gasteiger partial charge on any atom is -0.392 e. The molecule has 1 aliphatic rings. The zero-order valence-corrected chi connectivity index (χ0v) is 13.0. The minimum atomic E-state index is -3.96. The molecule has 1 aromatic rings. The van der Waals surface area contributed by atoms with Crippen molar-refractivity contribution in [1.82, 2.24) is 4.72 Å². The lowest BCUT2D eigenvalue weighted by molar-refractivity contribution is 0.274. The van der Waals surface area contributed by atoms with Gasteiger partial charge >= 0.3 is 0 Å². The largest absolute Gasteiger partial charge is 0.392 e. The van der Waals surface area contributed by atoms with E-state index in [9.17, 15) is 12.8 Å². The second-order valence-electron chi connectivity index (χ2n) is 4.62. The number of rotatable bonds is 5. The molecule has 1 aliphatic heterocycles. The van der Waals surface area contributed by atoms with Gasteiger partial charge in [0, 0.05) is 17.1 Å². The van der Waals surface area contributed by atoms with Crippen LogP contribution in [0.1, 0.15) is 12.0 Å². The molecule has 2 N–H and O–H groups in total. The maximum atomic E-state index is 14.0. The van der Waals surface area contributed by atoms with Gasteiger partial charge in [-0.1, -0.05) is 11.6 Å². The number of hydrogen-bond acceptors (Lipinski definition) is 4. The quantitative estimate of drug-likeness (QED) is 0.861. The molecule has 0 spiro atoms. The number of thioether (sulfide) groups is 1. The number of halogens is 2. The van der Waals surface area contributed by atoms with Gasteiger partial charge in [-0.3, -0.25) is 0 Å². The van der Waals surface area contributed by atoms with Crippen LogP contribution in [-0.2, 0) is 16.6 Å². The summed E-state index contributed by atoms with van der Waals surface area (Å²) in [6.45, 7) is -0.316. The van der Waals surface area contributed by atoms with Gasteiger partial charge in [0.05, 0.1) is 6.61 Å². The van der Waals surface area contributed by atoms with Crippen LogP contribution in [0, 0.1) is 11.7 Å². The van der Waals surface area contributed by atoms with E-state index in [1.165, 1.54) is 6.07 Å². The topological polar surface area (TPSA) is 66.4 Å². The average molecular weight is 340 g/mol. The van der Waals surface area contributed by atoms with Crippen molar-refractivity contribution in [2.45, 2.75) is 17.9 Å². The van der Waals surface area contributed by atoms with Crippen molar-refractivity contribution in [3.05, 3.63) is 28.5 Å². The Bertz CT molecular complexity index is 589. The highest BCUT2D eigenvalue weighted by atomic mass is 35.5. The first-order valence-corrected chi connectivity index (χ1v) is 9.12. The third kappa shape index (κ3) is 3.65. The summed E-state index contributed by atoms with van der Waals surface area (Å²) in [6, 6.07) is 2.27. The van der Waals surface area contributed by atoms with E-state index < -0.39 is 27.3 Å². The zero-order chi connectivity index (χ0) is 14.8. The molecule has 8 heteroatoms. The van der Waals surface area contributed by atoms with E-state index in [0.717, 1.165) is 24.0 Å². The summed E-state index contributed by atoms with van der Waals surface area (Å²) in [7, 11) is -3.96. The fourth-order valence-electron chi connectivity index (χ4n) is 1.98. The van der Waals surface area contributed by atoms with Crippen molar-refractivity contribution in [2.24, 2.45) is 5.92 Å². The molecule has 1 aromatic carbocycles. The van der Waals surface area contributed by atoms with Crippen molar-refractivity contribution in [3.8, 4) is 0 Å². The number of nitrogens with one attached hydrogen (secondary N) is 1. The Balaban J connectivity index is 2.22. The maximum absolute atomic E-state index is 14.0. The Hall–Kier alpha value is -0.340. The summed E-state index contributed by atoms with van der Waals surface area (Å²) in [5.41, 5.74) is -0.130. The summed E-state index contributed by atoms with van der Waals surface area (Å²) in [5, 5.41) is 9.10. The molecular weight excluding hydrogens is 325 g/mol. The Labute approximate surface area is 126 Å².